The van der Waals surface area contributed by atoms with Crippen molar-refractivity contribution in [1.82, 2.24) is 23.9 Å². The molecule has 5 rings (SSSR count). The summed E-state index contributed by atoms with van der Waals surface area (Å²) in [6.07, 6.45) is 8.12. The van der Waals surface area contributed by atoms with Crippen LogP contribution in [-0.2, 0) is 21.3 Å². The van der Waals surface area contributed by atoms with Crippen LogP contribution in [0.4, 0.5) is 4.79 Å². The molecular formula is C29H37N5O5S. The normalized spacial score (nSPS) is 18.1. The van der Waals surface area contributed by atoms with Crippen LogP contribution in [0.3, 0.4) is 0 Å². The van der Waals surface area contributed by atoms with E-state index >= 15 is 0 Å². The highest BCUT2D eigenvalue weighted by molar-refractivity contribution is 7.89. The lowest BCUT2D eigenvalue weighted by Crippen LogP contribution is -2.52. The van der Waals surface area contributed by atoms with Gasteiger partial charge in [0, 0.05) is 51.3 Å². The van der Waals surface area contributed by atoms with Gasteiger partial charge in [-0.15, -0.1) is 0 Å². The number of nitrogens with zero attached hydrogens (tertiary/aromatic N) is 4. The van der Waals surface area contributed by atoms with Crippen LogP contribution in [-0.4, -0.2) is 70.8 Å². The minimum Gasteiger partial charge on any atom is -0.444 e. The van der Waals surface area contributed by atoms with Crippen molar-refractivity contribution in [2.45, 2.75) is 63.5 Å². The number of imidazole rings is 1. The Kier molecular flexibility index (Phi) is 7.62. The summed E-state index contributed by atoms with van der Waals surface area (Å²) in [4.78, 5) is 31.3. The summed E-state index contributed by atoms with van der Waals surface area (Å²) >= 11 is 0. The first-order valence-electron chi connectivity index (χ1n) is 13.7. The second-order valence-electron chi connectivity index (χ2n) is 11.8. The molecule has 1 N–H and O–H groups in total. The zero-order valence-electron chi connectivity index (χ0n) is 23.3. The number of nitrogens with one attached hydrogen (secondary N) is 1. The van der Waals surface area contributed by atoms with E-state index in [2.05, 4.69) is 10.3 Å². The van der Waals surface area contributed by atoms with E-state index in [-0.39, 0.29) is 28.9 Å². The lowest BCUT2D eigenvalue weighted by molar-refractivity contribution is 0.00172. The van der Waals surface area contributed by atoms with Crippen LogP contribution in [0.1, 0.15) is 62.4 Å². The molecule has 4 heterocycles. The number of fused-ring (bicyclic) bond motifs is 1. The Labute approximate surface area is 235 Å². The molecular weight excluding hydrogens is 530 g/mol. The lowest BCUT2D eigenvalue weighted by atomic mass is 9.73. The van der Waals surface area contributed by atoms with Crippen molar-refractivity contribution in [2.24, 2.45) is 5.41 Å². The molecule has 3 aromatic rings. The van der Waals surface area contributed by atoms with Crippen LogP contribution in [0.5, 0.6) is 0 Å². The van der Waals surface area contributed by atoms with E-state index in [0.29, 0.717) is 31.7 Å². The number of benzene rings is 1. The fourth-order valence-electron chi connectivity index (χ4n) is 5.53. The Hall–Kier alpha value is -3.44. The average Bonchev–Trinajstić information content (AvgIpc) is 3.39. The summed E-state index contributed by atoms with van der Waals surface area (Å²) in [5, 5.41) is 2.89. The zero-order valence-corrected chi connectivity index (χ0v) is 24.1. The summed E-state index contributed by atoms with van der Waals surface area (Å²) in [6.45, 7) is 7.92. The van der Waals surface area contributed by atoms with Gasteiger partial charge < -0.3 is 19.4 Å². The van der Waals surface area contributed by atoms with Crippen molar-refractivity contribution in [3.05, 3.63) is 66.1 Å². The molecule has 11 heteroatoms. The fourth-order valence-corrected chi connectivity index (χ4v) is 7.12. The number of ether oxygens (including phenoxy) is 1. The van der Waals surface area contributed by atoms with Crippen molar-refractivity contribution in [3.8, 4) is 0 Å². The van der Waals surface area contributed by atoms with E-state index < -0.39 is 15.6 Å². The molecule has 0 radical (unpaired) electrons. The van der Waals surface area contributed by atoms with Crippen LogP contribution in [0.25, 0.3) is 5.65 Å². The third-order valence-corrected chi connectivity index (χ3v) is 9.63. The summed E-state index contributed by atoms with van der Waals surface area (Å²) in [5.41, 5.74) is 1.41. The smallest absolute Gasteiger partial charge is 0.410 e. The van der Waals surface area contributed by atoms with Crippen molar-refractivity contribution in [2.75, 3.05) is 26.2 Å². The second-order valence-corrected chi connectivity index (χ2v) is 13.8. The van der Waals surface area contributed by atoms with Crippen LogP contribution in [0.15, 0.2) is 59.9 Å². The van der Waals surface area contributed by atoms with Gasteiger partial charge in [0.1, 0.15) is 11.2 Å². The van der Waals surface area contributed by atoms with Gasteiger partial charge in [0.2, 0.25) is 10.0 Å². The maximum absolute atomic E-state index is 13.6. The Morgan fingerprint density at radius 3 is 2.45 bits per heavy atom. The molecule has 1 spiro atoms. The van der Waals surface area contributed by atoms with Crippen molar-refractivity contribution in [3.63, 3.8) is 0 Å². The van der Waals surface area contributed by atoms with Gasteiger partial charge in [-0.1, -0.05) is 12.1 Å². The molecule has 2 aromatic heterocycles. The second kappa shape index (κ2) is 10.9. The van der Waals surface area contributed by atoms with Gasteiger partial charge in [0.05, 0.1) is 10.5 Å². The van der Waals surface area contributed by atoms with Crippen LogP contribution in [0.2, 0.25) is 0 Å². The standard InChI is InChI=1S/C29H37N5O5S/c1-28(2,3)39-27(36)32-16-12-29(13-17-32)11-4-15-34(21-29)40(37,38)24-8-5-22(6-9-24)19-31-26(35)23-7-10-25-30-14-18-33(25)20-23/h5-10,14,18,20H,4,11-13,15-17,19,21H2,1-3H3,(H,31,35). The number of hydrogen-bond acceptors (Lipinski definition) is 6. The molecule has 2 aliphatic heterocycles. The number of carbonyl (C=O) groups is 2. The molecule has 0 unspecified atom stereocenters. The summed E-state index contributed by atoms with van der Waals surface area (Å²) < 4.78 is 36.0. The third kappa shape index (κ3) is 6.15. The molecule has 1 aromatic carbocycles. The maximum atomic E-state index is 13.6. The van der Waals surface area contributed by atoms with Gasteiger partial charge in [-0.25, -0.2) is 18.2 Å². The molecule has 10 nitrogen and oxygen atoms in total. The Morgan fingerprint density at radius 1 is 1.02 bits per heavy atom. The van der Waals surface area contributed by atoms with Gasteiger partial charge in [0.25, 0.3) is 5.91 Å². The summed E-state index contributed by atoms with van der Waals surface area (Å²) in [5.74, 6) is -0.219. The van der Waals surface area contributed by atoms with Gasteiger partial charge in [-0.05, 0) is 81.7 Å². The summed E-state index contributed by atoms with van der Waals surface area (Å²) in [7, 11) is -3.67. The number of likely N-dealkylation sites (tertiary alicyclic amines) is 1. The molecule has 40 heavy (non-hydrogen) atoms. The van der Waals surface area contributed by atoms with E-state index in [4.69, 9.17) is 4.74 Å². The third-order valence-electron chi connectivity index (χ3n) is 7.77. The van der Waals surface area contributed by atoms with Crippen molar-refractivity contribution in [1.29, 1.82) is 0 Å². The maximum Gasteiger partial charge on any atom is 0.410 e. The van der Waals surface area contributed by atoms with Crippen LogP contribution in [0, 0.1) is 5.41 Å². The minimum absolute atomic E-state index is 0.131. The van der Waals surface area contributed by atoms with E-state index in [0.717, 1.165) is 36.9 Å². The zero-order chi connectivity index (χ0) is 28.5. The number of amides is 2. The van der Waals surface area contributed by atoms with Crippen molar-refractivity contribution >= 4 is 27.7 Å². The molecule has 0 atom stereocenters. The molecule has 0 aliphatic carbocycles. The van der Waals surface area contributed by atoms with E-state index in [1.54, 1.807) is 68.6 Å². The molecule has 2 aliphatic rings. The molecule has 0 saturated carbocycles. The monoisotopic (exact) mass is 567 g/mol. The highest BCUT2D eigenvalue weighted by Crippen LogP contribution is 2.41. The quantitative estimate of drug-likeness (QED) is 0.497. The molecule has 214 valence electrons. The number of rotatable bonds is 5. The van der Waals surface area contributed by atoms with Gasteiger partial charge in [0.15, 0.2) is 0 Å². The van der Waals surface area contributed by atoms with Gasteiger partial charge in [-0.3, -0.25) is 4.79 Å². The summed E-state index contributed by atoms with van der Waals surface area (Å²) in [6, 6.07) is 10.2. The number of aromatic nitrogens is 2. The SMILES string of the molecule is CC(C)(C)OC(=O)N1CCC2(CCCN(S(=O)(=O)c3ccc(CNC(=O)c4ccc5nccn5c4)cc3)C2)CC1. The highest BCUT2D eigenvalue weighted by atomic mass is 32.2. The number of pyridine rings is 1. The van der Waals surface area contributed by atoms with Gasteiger partial charge >= 0.3 is 6.09 Å². The number of hydrogen-bond donors (Lipinski definition) is 1. The van der Waals surface area contributed by atoms with Crippen molar-refractivity contribution < 1.29 is 22.7 Å². The van der Waals surface area contributed by atoms with E-state index in [1.807, 2.05) is 20.8 Å². The topological polar surface area (TPSA) is 113 Å². The number of piperidine rings is 2. The molecule has 2 fully saturated rings. The average molecular weight is 568 g/mol. The Balaban J connectivity index is 1.18. The Bertz CT molecular complexity index is 1480. The highest BCUT2D eigenvalue weighted by Gasteiger charge is 2.43. The van der Waals surface area contributed by atoms with Crippen LogP contribution >= 0.6 is 0 Å². The molecule has 0 bridgehead atoms. The Morgan fingerprint density at radius 2 is 1.75 bits per heavy atom. The number of sulfonamides is 1. The predicted octanol–water partition coefficient (Wildman–Crippen LogP) is 4.07. The largest absolute Gasteiger partial charge is 0.444 e. The fraction of sp³-hybridized carbons (Fsp3) is 0.483. The first-order valence-corrected chi connectivity index (χ1v) is 15.2. The first kappa shape index (κ1) is 28.1. The predicted molar refractivity (Wildman–Crippen MR) is 150 cm³/mol. The number of carbonyl (C=O) groups excluding carboxylic acids is 2. The van der Waals surface area contributed by atoms with Crippen LogP contribution < -0.4 is 5.32 Å². The van der Waals surface area contributed by atoms with Gasteiger partial charge in [-0.2, -0.15) is 4.31 Å². The molecule has 2 amide bonds. The van der Waals surface area contributed by atoms with E-state index in [1.165, 1.54) is 0 Å². The van der Waals surface area contributed by atoms with E-state index in [9.17, 15) is 18.0 Å². The minimum atomic E-state index is -3.67. The first-order chi connectivity index (χ1) is 18.9. The lowest BCUT2D eigenvalue weighted by Gasteiger charge is -2.47. The molecule has 2 saturated heterocycles.